The zero-order valence-electron chi connectivity index (χ0n) is 11.2. The van der Waals surface area contributed by atoms with Gasteiger partial charge in [-0.25, -0.2) is 4.98 Å². The van der Waals surface area contributed by atoms with Crippen molar-refractivity contribution in [3.05, 3.63) is 41.3 Å². The maximum Gasteiger partial charge on any atom is 0.0954 e. The number of halogens is 1. The van der Waals surface area contributed by atoms with Crippen LogP contribution in [0, 0.1) is 0 Å². The van der Waals surface area contributed by atoms with E-state index in [1.165, 1.54) is 18.4 Å². The Morgan fingerprint density at radius 1 is 1.42 bits per heavy atom. The minimum Gasteiger partial charge on any atom is -0.328 e. The summed E-state index contributed by atoms with van der Waals surface area (Å²) in [5.74, 6) is 0. The van der Waals surface area contributed by atoms with Crippen LogP contribution in [0.15, 0.2) is 41.3 Å². The molecule has 4 heteroatoms. The molecule has 0 aliphatic heterocycles. The number of nitrogens with two attached hydrogens (primary N) is 1. The fraction of sp³-hybridized carbons (Fsp3) is 0.400. The van der Waals surface area contributed by atoms with Crippen LogP contribution in [0.2, 0.25) is 0 Å². The van der Waals surface area contributed by atoms with Crippen molar-refractivity contribution < 1.29 is 0 Å². The maximum atomic E-state index is 5.92. The molecule has 102 valence electrons. The van der Waals surface area contributed by atoms with Crippen molar-refractivity contribution in [3.8, 4) is 11.3 Å². The molecular weight excluding hydrogens is 302 g/mol. The van der Waals surface area contributed by atoms with Crippen molar-refractivity contribution in [2.75, 3.05) is 6.54 Å². The molecular formula is C15H20BrN3. The molecule has 1 aromatic carbocycles. The molecule has 0 bridgehead atoms. The summed E-state index contributed by atoms with van der Waals surface area (Å²) in [6.45, 7) is 2.86. The summed E-state index contributed by atoms with van der Waals surface area (Å²) in [4.78, 5) is 4.30. The molecule has 0 radical (unpaired) electrons. The van der Waals surface area contributed by atoms with Gasteiger partial charge < -0.3 is 10.3 Å². The van der Waals surface area contributed by atoms with E-state index in [0.717, 1.165) is 16.6 Å². The number of aromatic nitrogens is 2. The van der Waals surface area contributed by atoms with Gasteiger partial charge in [-0.3, -0.25) is 0 Å². The van der Waals surface area contributed by atoms with E-state index in [9.17, 15) is 0 Å². The number of hydrogen-bond donors (Lipinski definition) is 1. The summed E-state index contributed by atoms with van der Waals surface area (Å²) in [6.07, 6.45) is 7.29. The largest absolute Gasteiger partial charge is 0.328 e. The smallest absolute Gasteiger partial charge is 0.0954 e. The highest BCUT2D eigenvalue weighted by Gasteiger charge is 2.13. The predicted octanol–water partition coefficient (Wildman–Crippen LogP) is 4.00. The van der Waals surface area contributed by atoms with Crippen LogP contribution >= 0.6 is 15.9 Å². The minimum atomic E-state index is 0.330. The second kappa shape index (κ2) is 6.87. The van der Waals surface area contributed by atoms with Crippen molar-refractivity contribution in [3.63, 3.8) is 0 Å². The lowest BCUT2D eigenvalue weighted by Crippen LogP contribution is -2.19. The first-order valence-electron chi connectivity index (χ1n) is 6.74. The highest BCUT2D eigenvalue weighted by molar-refractivity contribution is 9.10. The molecule has 0 fully saturated rings. The Bertz CT molecular complexity index is 522. The standard InChI is InChI=1S/C15H20BrN3/c1-2-3-7-14(9-17)19-11-18-10-15(19)12-5-4-6-13(16)8-12/h4-6,8,10-11,14H,2-3,7,9,17H2,1H3. The van der Waals surface area contributed by atoms with E-state index in [0.29, 0.717) is 12.6 Å². The molecule has 2 N–H and O–H groups in total. The zero-order chi connectivity index (χ0) is 13.7. The van der Waals surface area contributed by atoms with Crippen molar-refractivity contribution in [2.24, 2.45) is 5.73 Å². The van der Waals surface area contributed by atoms with Gasteiger partial charge in [0.1, 0.15) is 0 Å². The third kappa shape index (κ3) is 3.45. The van der Waals surface area contributed by atoms with Gasteiger partial charge >= 0.3 is 0 Å². The van der Waals surface area contributed by atoms with E-state index in [1.807, 2.05) is 24.7 Å². The Morgan fingerprint density at radius 3 is 2.95 bits per heavy atom. The highest BCUT2D eigenvalue weighted by atomic mass is 79.9. The number of benzene rings is 1. The van der Waals surface area contributed by atoms with Gasteiger partial charge in [-0.15, -0.1) is 0 Å². The van der Waals surface area contributed by atoms with Gasteiger partial charge in [0.2, 0.25) is 0 Å². The first-order valence-corrected chi connectivity index (χ1v) is 7.53. The molecule has 0 saturated carbocycles. The highest BCUT2D eigenvalue weighted by Crippen LogP contribution is 2.26. The van der Waals surface area contributed by atoms with E-state index in [1.54, 1.807) is 0 Å². The lowest BCUT2D eigenvalue weighted by atomic mass is 10.1. The average molecular weight is 322 g/mol. The number of rotatable bonds is 6. The SMILES string of the molecule is CCCCC(CN)n1cncc1-c1cccc(Br)c1. The molecule has 2 rings (SSSR count). The Balaban J connectivity index is 2.30. The van der Waals surface area contributed by atoms with Crippen LogP contribution in [0.1, 0.15) is 32.2 Å². The fourth-order valence-corrected chi connectivity index (χ4v) is 2.68. The third-order valence-corrected chi connectivity index (χ3v) is 3.84. The van der Waals surface area contributed by atoms with E-state index in [-0.39, 0.29) is 0 Å². The van der Waals surface area contributed by atoms with Gasteiger partial charge in [0.05, 0.1) is 18.2 Å². The van der Waals surface area contributed by atoms with Crippen molar-refractivity contribution in [1.29, 1.82) is 0 Å². The van der Waals surface area contributed by atoms with Gasteiger partial charge in [-0.2, -0.15) is 0 Å². The van der Waals surface area contributed by atoms with Crippen LogP contribution in [0.5, 0.6) is 0 Å². The van der Waals surface area contributed by atoms with E-state index in [4.69, 9.17) is 5.73 Å². The number of unbranched alkanes of at least 4 members (excludes halogenated alkanes) is 1. The summed E-state index contributed by atoms with van der Waals surface area (Å²) in [5.41, 5.74) is 8.22. The Hall–Kier alpha value is -1.13. The molecule has 1 aromatic heterocycles. The summed E-state index contributed by atoms with van der Waals surface area (Å²) >= 11 is 3.51. The van der Waals surface area contributed by atoms with E-state index >= 15 is 0 Å². The Morgan fingerprint density at radius 2 is 2.26 bits per heavy atom. The van der Waals surface area contributed by atoms with Crippen molar-refractivity contribution >= 4 is 15.9 Å². The third-order valence-electron chi connectivity index (χ3n) is 3.34. The molecule has 0 saturated heterocycles. The molecule has 0 amide bonds. The van der Waals surface area contributed by atoms with Gasteiger partial charge in [0.25, 0.3) is 0 Å². The minimum absolute atomic E-state index is 0.330. The molecule has 1 atom stereocenters. The monoisotopic (exact) mass is 321 g/mol. The molecule has 2 aromatic rings. The average Bonchev–Trinajstić information content (AvgIpc) is 2.89. The van der Waals surface area contributed by atoms with Crippen LogP contribution < -0.4 is 5.73 Å². The molecule has 0 aliphatic rings. The summed E-state index contributed by atoms with van der Waals surface area (Å²) in [5, 5.41) is 0. The predicted molar refractivity (Wildman–Crippen MR) is 83.0 cm³/mol. The molecule has 19 heavy (non-hydrogen) atoms. The summed E-state index contributed by atoms with van der Waals surface area (Å²) in [7, 11) is 0. The van der Waals surface area contributed by atoms with Crippen LogP contribution in [0.25, 0.3) is 11.3 Å². The second-order valence-electron chi connectivity index (χ2n) is 4.73. The maximum absolute atomic E-state index is 5.92. The van der Waals surface area contributed by atoms with Crippen LogP contribution in [0.4, 0.5) is 0 Å². The number of imidazole rings is 1. The van der Waals surface area contributed by atoms with E-state index in [2.05, 4.69) is 44.5 Å². The summed E-state index contributed by atoms with van der Waals surface area (Å²) in [6, 6.07) is 8.62. The first kappa shape index (κ1) is 14.3. The normalized spacial score (nSPS) is 12.6. The van der Waals surface area contributed by atoms with Crippen LogP contribution in [-0.4, -0.2) is 16.1 Å². The van der Waals surface area contributed by atoms with Crippen LogP contribution in [-0.2, 0) is 0 Å². The molecule has 1 unspecified atom stereocenters. The summed E-state index contributed by atoms with van der Waals surface area (Å²) < 4.78 is 3.29. The van der Waals surface area contributed by atoms with Gasteiger partial charge in [-0.05, 0) is 18.6 Å². The lowest BCUT2D eigenvalue weighted by molar-refractivity contribution is 0.461. The second-order valence-corrected chi connectivity index (χ2v) is 5.64. The van der Waals surface area contributed by atoms with Crippen molar-refractivity contribution in [1.82, 2.24) is 9.55 Å². The molecule has 3 nitrogen and oxygen atoms in total. The molecule has 1 heterocycles. The van der Waals surface area contributed by atoms with Crippen molar-refractivity contribution in [2.45, 2.75) is 32.2 Å². The van der Waals surface area contributed by atoms with Gasteiger partial charge in [0, 0.05) is 22.6 Å². The Kier molecular flexibility index (Phi) is 5.16. The van der Waals surface area contributed by atoms with Gasteiger partial charge in [-0.1, -0.05) is 47.8 Å². The topological polar surface area (TPSA) is 43.8 Å². The Labute approximate surface area is 123 Å². The number of hydrogen-bond acceptors (Lipinski definition) is 2. The number of nitrogens with zero attached hydrogens (tertiary/aromatic N) is 2. The van der Waals surface area contributed by atoms with E-state index < -0.39 is 0 Å². The molecule has 0 spiro atoms. The zero-order valence-corrected chi connectivity index (χ0v) is 12.8. The quantitative estimate of drug-likeness (QED) is 0.873. The molecule has 0 aliphatic carbocycles. The first-order chi connectivity index (χ1) is 9.26. The lowest BCUT2D eigenvalue weighted by Gasteiger charge is -2.19. The van der Waals surface area contributed by atoms with Gasteiger partial charge in [0.15, 0.2) is 0 Å². The fourth-order valence-electron chi connectivity index (χ4n) is 2.28. The van der Waals surface area contributed by atoms with Crippen LogP contribution in [0.3, 0.4) is 0 Å².